The van der Waals surface area contributed by atoms with Gasteiger partial charge in [-0.2, -0.15) is 5.10 Å². The Morgan fingerprint density at radius 3 is 2.48 bits per heavy atom. The smallest absolute Gasteiger partial charge is 0.249 e. The molecule has 0 aliphatic heterocycles. The zero-order valence-electron chi connectivity index (χ0n) is 13.0. The van der Waals surface area contributed by atoms with E-state index in [1.165, 1.54) is 0 Å². The Labute approximate surface area is 130 Å². The Kier molecular flexibility index (Phi) is 4.10. The Balaban J connectivity index is 2.50. The molecule has 4 nitrogen and oxygen atoms in total. The Morgan fingerprint density at radius 2 is 1.90 bits per heavy atom. The first-order chi connectivity index (χ1) is 9.75. The minimum absolute atomic E-state index is 0.0296. The lowest BCUT2D eigenvalue weighted by molar-refractivity contribution is -0.137. The summed E-state index contributed by atoms with van der Waals surface area (Å²) in [6.07, 6.45) is 1.71. The lowest BCUT2D eigenvalue weighted by Crippen LogP contribution is -2.44. The Bertz CT molecular complexity index is 674. The summed E-state index contributed by atoms with van der Waals surface area (Å²) in [5.74, 6) is -0.0296. The van der Waals surface area contributed by atoms with E-state index in [1.54, 1.807) is 29.9 Å². The van der Waals surface area contributed by atoms with Crippen LogP contribution in [0.2, 0.25) is 5.02 Å². The highest BCUT2D eigenvalue weighted by Gasteiger charge is 2.33. The second-order valence-corrected chi connectivity index (χ2v) is 6.25. The number of amides is 1. The quantitative estimate of drug-likeness (QED) is 0.872. The second kappa shape index (κ2) is 5.53. The average Bonchev–Trinajstić information content (AvgIpc) is 2.81. The molecule has 0 fully saturated rings. The lowest BCUT2D eigenvalue weighted by atomic mass is 10.0. The van der Waals surface area contributed by atoms with Gasteiger partial charge in [0.2, 0.25) is 5.91 Å². The maximum Gasteiger partial charge on any atom is 0.249 e. The summed E-state index contributed by atoms with van der Waals surface area (Å²) >= 11 is 6.33. The van der Waals surface area contributed by atoms with Crippen molar-refractivity contribution in [3.8, 4) is 11.3 Å². The highest BCUT2D eigenvalue weighted by molar-refractivity contribution is 6.33. The van der Waals surface area contributed by atoms with Crippen molar-refractivity contribution in [2.75, 3.05) is 14.1 Å². The molecule has 0 atom stereocenters. The van der Waals surface area contributed by atoms with Crippen molar-refractivity contribution in [1.82, 2.24) is 14.7 Å². The van der Waals surface area contributed by atoms with E-state index in [0.717, 1.165) is 11.1 Å². The molecule has 112 valence electrons. The molecule has 0 saturated carbocycles. The van der Waals surface area contributed by atoms with E-state index in [1.807, 2.05) is 45.0 Å². The molecular formula is C16H20ClN3O. The van der Waals surface area contributed by atoms with Gasteiger partial charge in [0.1, 0.15) is 11.2 Å². The molecule has 0 radical (unpaired) electrons. The minimum atomic E-state index is -0.784. The number of hydrogen-bond acceptors (Lipinski definition) is 2. The minimum Gasteiger partial charge on any atom is -0.347 e. The molecule has 0 N–H and O–H groups in total. The molecule has 0 saturated heterocycles. The fraction of sp³-hybridized carbons (Fsp3) is 0.375. The van der Waals surface area contributed by atoms with Gasteiger partial charge in [-0.15, -0.1) is 0 Å². The zero-order chi connectivity index (χ0) is 15.8. The molecule has 0 bridgehead atoms. The molecule has 0 spiro atoms. The van der Waals surface area contributed by atoms with Crippen LogP contribution < -0.4 is 0 Å². The fourth-order valence-corrected chi connectivity index (χ4v) is 2.54. The van der Waals surface area contributed by atoms with Gasteiger partial charge >= 0.3 is 0 Å². The molecule has 21 heavy (non-hydrogen) atoms. The summed E-state index contributed by atoms with van der Waals surface area (Å²) in [4.78, 5) is 13.9. The average molecular weight is 306 g/mol. The maximum atomic E-state index is 12.3. The van der Waals surface area contributed by atoms with E-state index in [0.29, 0.717) is 10.7 Å². The van der Waals surface area contributed by atoms with E-state index in [4.69, 9.17) is 11.6 Å². The Hall–Kier alpha value is -1.81. The number of aryl methyl sites for hydroxylation is 1. The summed E-state index contributed by atoms with van der Waals surface area (Å²) in [7, 11) is 3.47. The van der Waals surface area contributed by atoms with Crippen LogP contribution >= 0.6 is 11.6 Å². The van der Waals surface area contributed by atoms with Crippen molar-refractivity contribution in [2.45, 2.75) is 26.3 Å². The third-order valence-corrected chi connectivity index (χ3v) is 3.85. The standard InChI is InChI=1S/C16H20ClN3O/c1-11-8-6-7-9-12(11)14-13(17)10-20(18-14)16(2,3)15(21)19(4)5/h6-10H,1-5H3. The van der Waals surface area contributed by atoms with Crippen molar-refractivity contribution in [2.24, 2.45) is 0 Å². The van der Waals surface area contributed by atoms with Crippen molar-refractivity contribution >= 4 is 17.5 Å². The van der Waals surface area contributed by atoms with E-state index >= 15 is 0 Å². The molecule has 5 heteroatoms. The van der Waals surface area contributed by atoms with Crippen LogP contribution in [0, 0.1) is 6.92 Å². The zero-order valence-corrected chi connectivity index (χ0v) is 13.8. The first kappa shape index (κ1) is 15.6. The van der Waals surface area contributed by atoms with Crippen LogP contribution in [0.5, 0.6) is 0 Å². The summed E-state index contributed by atoms with van der Waals surface area (Å²) in [6.45, 7) is 5.68. The van der Waals surface area contributed by atoms with Gasteiger partial charge in [-0.1, -0.05) is 35.9 Å². The summed E-state index contributed by atoms with van der Waals surface area (Å²) in [5.41, 5.74) is 2.00. The first-order valence-corrected chi connectivity index (χ1v) is 7.16. The van der Waals surface area contributed by atoms with E-state index in [2.05, 4.69) is 5.10 Å². The number of carbonyl (C=O) groups excluding carboxylic acids is 1. The van der Waals surface area contributed by atoms with E-state index < -0.39 is 5.54 Å². The number of nitrogens with zero attached hydrogens (tertiary/aromatic N) is 3. The molecule has 2 aromatic rings. The predicted molar refractivity (Wildman–Crippen MR) is 85.4 cm³/mol. The molecular weight excluding hydrogens is 286 g/mol. The summed E-state index contributed by atoms with van der Waals surface area (Å²) in [5, 5.41) is 5.10. The molecule has 1 heterocycles. The first-order valence-electron chi connectivity index (χ1n) is 6.78. The number of halogens is 1. The lowest BCUT2D eigenvalue weighted by Gasteiger charge is -2.27. The molecule has 0 unspecified atom stereocenters. The van der Waals surface area contributed by atoms with Crippen LogP contribution in [0.3, 0.4) is 0 Å². The van der Waals surface area contributed by atoms with Gasteiger partial charge < -0.3 is 4.90 Å². The van der Waals surface area contributed by atoms with E-state index in [9.17, 15) is 4.79 Å². The molecule has 1 aromatic heterocycles. The topological polar surface area (TPSA) is 38.1 Å². The predicted octanol–water partition coefficient (Wildman–Crippen LogP) is 3.34. The van der Waals surface area contributed by atoms with Crippen molar-refractivity contribution in [3.63, 3.8) is 0 Å². The van der Waals surface area contributed by atoms with Crippen LogP contribution in [0.1, 0.15) is 19.4 Å². The Morgan fingerprint density at radius 1 is 1.29 bits per heavy atom. The van der Waals surface area contributed by atoms with Crippen LogP contribution in [-0.4, -0.2) is 34.7 Å². The monoisotopic (exact) mass is 305 g/mol. The molecule has 1 amide bonds. The number of hydrogen-bond donors (Lipinski definition) is 0. The summed E-state index contributed by atoms with van der Waals surface area (Å²) in [6, 6.07) is 7.92. The second-order valence-electron chi connectivity index (χ2n) is 5.84. The van der Waals surface area contributed by atoms with Crippen molar-refractivity contribution in [3.05, 3.63) is 41.0 Å². The van der Waals surface area contributed by atoms with Gasteiger partial charge in [0.25, 0.3) is 0 Å². The van der Waals surface area contributed by atoms with Gasteiger partial charge in [-0.3, -0.25) is 9.48 Å². The van der Waals surface area contributed by atoms with Crippen LogP contribution in [0.25, 0.3) is 11.3 Å². The fourth-order valence-electron chi connectivity index (χ4n) is 2.31. The highest BCUT2D eigenvalue weighted by atomic mass is 35.5. The van der Waals surface area contributed by atoms with Gasteiger partial charge in [-0.25, -0.2) is 0 Å². The third-order valence-electron chi connectivity index (χ3n) is 3.57. The highest BCUT2D eigenvalue weighted by Crippen LogP contribution is 2.31. The number of aromatic nitrogens is 2. The largest absolute Gasteiger partial charge is 0.347 e. The van der Waals surface area contributed by atoms with Crippen molar-refractivity contribution in [1.29, 1.82) is 0 Å². The summed E-state index contributed by atoms with van der Waals surface area (Å²) < 4.78 is 1.64. The number of carbonyl (C=O) groups is 1. The number of likely N-dealkylation sites (N-methyl/N-ethyl adjacent to an activating group) is 1. The molecule has 0 aliphatic rings. The third kappa shape index (κ3) is 2.81. The molecule has 0 aliphatic carbocycles. The SMILES string of the molecule is Cc1ccccc1-c1nn(C(C)(C)C(=O)N(C)C)cc1Cl. The van der Waals surface area contributed by atoms with Crippen LogP contribution in [0.4, 0.5) is 0 Å². The van der Waals surface area contributed by atoms with Gasteiger partial charge in [0, 0.05) is 25.9 Å². The van der Waals surface area contributed by atoms with Gasteiger partial charge in [-0.05, 0) is 26.3 Å². The van der Waals surface area contributed by atoms with Gasteiger partial charge in [0.05, 0.1) is 5.02 Å². The van der Waals surface area contributed by atoms with Crippen LogP contribution in [-0.2, 0) is 10.3 Å². The van der Waals surface area contributed by atoms with Gasteiger partial charge in [0.15, 0.2) is 0 Å². The normalized spacial score (nSPS) is 11.5. The molecule has 1 aromatic carbocycles. The number of rotatable bonds is 3. The maximum absolute atomic E-state index is 12.3. The van der Waals surface area contributed by atoms with Crippen molar-refractivity contribution < 1.29 is 4.79 Å². The van der Waals surface area contributed by atoms with Crippen LogP contribution in [0.15, 0.2) is 30.5 Å². The van der Waals surface area contributed by atoms with E-state index in [-0.39, 0.29) is 5.91 Å². The molecule has 2 rings (SSSR count). The number of benzene rings is 1.